The van der Waals surface area contributed by atoms with E-state index < -0.39 is 34.2 Å². The molecule has 2 aromatic rings. The first-order valence-corrected chi connectivity index (χ1v) is 14.4. The smallest absolute Gasteiger partial charge is 0.410 e. The molecule has 0 aromatic heterocycles. The molecule has 2 heterocycles. The molecule has 15 nitrogen and oxygen atoms in total. The zero-order valence-corrected chi connectivity index (χ0v) is 24.8. The molecule has 0 unspecified atom stereocenters. The molecule has 2 fully saturated rings. The number of amides is 3. The van der Waals surface area contributed by atoms with Crippen LogP contribution in [0.15, 0.2) is 48.5 Å². The molecule has 3 amide bonds. The summed E-state index contributed by atoms with van der Waals surface area (Å²) in [6.07, 6.45) is -1.83. The number of nitrogens with zero attached hydrogens (tertiary/aromatic N) is 5. The van der Waals surface area contributed by atoms with Gasteiger partial charge < -0.3 is 29.3 Å². The number of non-ortho nitro benzene ring substituents is 2. The molecule has 16 heteroatoms. The molecule has 1 N–H and O–H groups in total. The average Bonchev–Trinajstić information content (AvgIpc) is 3.66. The number of likely N-dealkylation sites (tertiary alicyclic amines) is 2. The summed E-state index contributed by atoms with van der Waals surface area (Å²) in [7, 11) is 1.57. The van der Waals surface area contributed by atoms with Crippen LogP contribution in [0.1, 0.15) is 30.4 Å². The van der Waals surface area contributed by atoms with Crippen LogP contribution in [0.5, 0.6) is 0 Å². The molecule has 4 atom stereocenters. The topological polar surface area (TPSA) is 186 Å². The van der Waals surface area contributed by atoms with Gasteiger partial charge in [0.1, 0.15) is 13.2 Å². The highest BCUT2D eigenvalue weighted by molar-refractivity contribution is 7.81. The lowest BCUT2D eigenvalue weighted by Gasteiger charge is -2.29. The van der Waals surface area contributed by atoms with Gasteiger partial charge in [0.15, 0.2) is 0 Å². The van der Waals surface area contributed by atoms with Crippen molar-refractivity contribution in [1.29, 1.82) is 0 Å². The number of aliphatic hydroxyl groups excluding tert-OH is 1. The molecule has 2 aliphatic rings. The average molecular weight is 632 g/mol. The van der Waals surface area contributed by atoms with Gasteiger partial charge in [-0.05, 0) is 48.2 Å². The van der Waals surface area contributed by atoms with Gasteiger partial charge in [-0.25, -0.2) is 9.59 Å². The predicted molar refractivity (Wildman–Crippen MR) is 158 cm³/mol. The van der Waals surface area contributed by atoms with Gasteiger partial charge in [-0.3, -0.25) is 25.0 Å². The quantitative estimate of drug-likeness (QED) is 0.224. The van der Waals surface area contributed by atoms with Gasteiger partial charge in [-0.1, -0.05) is 0 Å². The van der Waals surface area contributed by atoms with Gasteiger partial charge in [-0.2, -0.15) is 12.6 Å². The van der Waals surface area contributed by atoms with Crippen molar-refractivity contribution in [2.24, 2.45) is 0 Å². The first-order valence-electron chi connectivity index (χ1n) is 13.9. The van der Waals surface area contributed by atoms with E-state index in [0.717, 1.165) is 0 Å². The Labute approximate surface area is 258 Å². The number of hydrogen-bond acceptors (Lipinski definition) is 11. The molecular formula is C28H33N5O10S. The SMILES string of the molecule is CN(C(=O)OCc1ccc([N+](=O)[O-])cc1)[C@H]1CCN(C(=O)C[C@@H](O)[C@@H]2C[C@H](S)CN2C(=O)OCc2ccc([N+](=O)[O-])cc2)C1. The first kappa shape index (κ1) is 32.5. The minimum Gasteiger partial charge on any atom is -0.445 e. The first-order chi connectivity index (χ1) is 20.9. The fourth-order valence-corrected chi connectivity index (χ4v) is 5.59. The number of carbonyl (C=O) groups is 3. The van der Waals surface area contributed by atoms with E-state index in [4.69, 9.17) is 9.47 Å². The summed E-state index contributed by atoms with van der Waals surface area (Å²) in [5.74, 6) is -0.325. The Kier molecular flexibility index (Phi) is 10.6. The van der Waals surface area contributed by atoms with Crippen molar-refractivity contribution in [3.8, 4) is 0 Å². The van der Waals surface area contributed by atoms with Crippen LogP contribution in [0.2, 0.25) is 0 Å². The maximum Gasteiger partial charge on any atom is 0.410 e. The lowest BCUT2D eigenvalue weighted by Crippen LogP contribution is -2.45. The second-order valence-electron chi connectivity index (χ2n) is 10.7. The standard InChI is InChI=1S/C28H33N5O10S/c1-29(27(36)42-16-18-2-6-20(7-3-18)32(38)39)22-10-11-30(14-22)26(35)13-25(34)24-12-23(44)15-31(24)28(37)43-17-19-4-8-21(9-5-19)33(40)41/h2-9,22-25,34,44H,10-17H2,1H3/t22-,23-,24-,25+/m0/s1. The van der Waals surface area contributed by atoms with Crippen molar-refractivity contribution in [3.05, 3.63) is 79.9 Å². The fraction of sp³-hybridized carbons (Fsp3) is 0.464. The molecular weight excluding hydrogens is 598 g/mol. The molecule has 2 aliphatic heterocycles. The van der Waals surface area contributed by atoms with Gasteiger partial charge in [0, 0.05) is 56.2 Å². The molecule has 44 heavy (non-hydrogen) atoms. The third kappa shape index (κ3) is 8.13. The zero-order valence-electron chi connectivity index (χ0n) is 23.9. The maximum absolute atomic E-state index is 13.1. The van der Waals surface area contributed by atoms with Crippen molar-refractivity contribution >= 4 is 42.1 Å². The minimum atomic E-state index is -1.17. The Hall–Kier alpha value is -4.44. The molecule has 4 rings (SSSR count). The second kappa shape index (κ2) is 14.4. The van der Waals surface area contributed by atoms with Gasteiger partial charge in [0.2, 0.25) is 5.91 Å². The van der Waals surface area contributed by atoms with Crippen LogP contribution in [-0.2, 0) is 27.5 Å². The minimum absolute atomic E-state index is 0.0660. The number of rotatable bonds is 10. The van der Waals surface area contributed by atoms with E-state index in [0.29, 0.717) is 30.5 Å². The van der Waals surface area contributed by atoms with Gasteiger partial charge in [0.25, 0.3) is 11.4 Å². The van der Waals surface area contributed by atoms with E-state index in [2.05, 4.69) is 12.6 Å². The lowest BCUT2D eigenvalue weighted by molar-refractivity contribution is -0.385. The number of hydrogen-bond donors (Lipinski definition) is 2. The fourth-order valence-electron chi connectivity index (χ4n) is 5.20. The number of likely N-dealkylation sites (N-methyl/N-ethyl adjacent to an activating group) is 1. The molecule has 0 aliphatic carbocycles. The summed E-state index contributed by atoms with van der Waals surface area (Å²) in [6.45, 7) is 0.650. The van der Waals surface area contributed by atoms with Crippen LogP contribution in [0.4, 0.5) is 21.0 Å². The highest BCUT2D eigenvalue weighted by atomic mass is 32.1. The van der Waals surface area contributed by atoms with Crippen molar-refractivity contribution < 1.29 is 38.8 Å². The number of nitro benzene ring substituents is 2. The van der Waals surface area contributed by atoms with Crippen molar-refractivity contribution in [2.75, 3.05) is 26.7 Å². The van der Waals surface area contributed by atoms with E-state index in [9.17, 15) is 39.7 Å². The summed E-state index contributed by atoms with van der Waals surface area (Å²) in [5, 5.41) is 32.4. The van der Waals surface area contributed by atoms with Crippen molar-refractivity contribution in [3.63, 3.8) is 0 Å². The predicted octanol–water partition coefficient (Wildman–Crippen LogP) is 3.13. The second-order valence-corrected chi connectivity index (χ2v) is 11.5. The molecule has 0 bridgehead atoms. The summed E-state index contributed by atoms with van der Waals surface area (Å²) >= 11 is 4.46. The number of ether oxygens (including phenoxy) is 2. The lowest BCUT2D eigenvalue weighted by atomic mass is 10.0. The van der Waals surface area contributed by atoms with Crippen LogP contribution in [0, 0.1) is 20.2 Å². The molecule has 236 valence electrons. The summed E-state index contributed by atoms with van der Waals surface area (Å²) in [6, 6.07) is 10.3. The van der Waals surface area contributed by atoms with E-state index in [1.165, 1.54) is 58.3 Å². The number of thiol groups is 1. The van der Waals surface area contributed by atoms with Gasteiger partial charge in [0.05, 0.1) is 34.5 Å². The van der Waals surface area contributed by atoms with Crippen LogP contribution in [0.25, 0.3) is 0 Å². The monoisotopic (exact) mass is 631 g/mol. The molecule has 2 saturated heterocycles. The van der Waals surface area contributed by atoms with Gasteiger partial charge in [-0.15, -0.1) is 0 Å². The number of nitro groups is 2. The van der Waals surface area contributed by atoms with E-state index in [1.807, 2.05) is 0 Å². The molecule has 0 saturated carbocycles. The Morgan fingerprint density at radius 2 is 1.52 bits per heavy atom. The summed E-state index contributed by atoms with van der Waals surface area (Å²) in [4.78, 5) is 63.4. The molecule has 0 radical (unpaired) electrons. The largest absolute Gasteiger partial charge is 0.445 e. The number of aliphatic hydroxyl groups is 1. The Balaban J connectivity index is 1.24. The van der Waals surface area contributed by atoms with Crippen LogP contribution in [0.3, 0.4) is 0 Å². The maximum atomic E-state index is 13.1. The Bertz CT molecular complexity index is 1380. The third-order valence-electron chi connectivity index (χ3n) is 7.75. The van der Waals surface area contributed by atoms with E-state index in [-0.39, 0.29) is 61.3 Å². The number of carbonyl (C=O) groups excluding carboxylic acids is 3. The number of benzene rings is 2. The highest BCUT2D eigenvalue weighted by Crippen LogP contribution is 2.28. The summed E-state index contributed by atoms with van der Waals surface area (Å²) < 4.78 is 10.7. The Morgan fingerprint density at radius 3 is 2.07 bits per heavy atom. The van der Waals surface area contributed by atoms with E-state index in [1.54, 1.807) is 11.9 Å². The third-order valence-corrected chi connectivity index (χ3v) is 8.13. The van der Waals surface area contributed by atoms with Crippen molar-refractivity contribution in [2.45, 2.75) is 55.9 Å². The Morgan fingerprint density at radius 1 is 0.977 bits per heavy atom. The van der Waals surface area contributed by atoms with Crippen LogP contribution >= 0.6 is 12.6 Å². The molecule has 2 aromatic carbocycles. The van der Waals surface area contributed by atoms with Crippen LogP contribution < -0.4 is 0 Å². The zero-order chi connectivity index (χ0) is 32.0. The van der Waals surface area contributed by atoms with Crippen LogP contribution in [-0.4, -0.2) is 97.9 Å². The van der Waals surface area contributed by atoms with E-state index >= 15 is 0 Å². The highest BCUT2D eigenvalue weighted by Gasteiger charge is 2.41. The van der Waals surface area contributed by atoms with Crippen molar-refractivity contribution in [1.82, 2.24) is 14.7 Å². The summed E-state index contributed by atoms with van der Waals surface area (Å²) in [5.41, 5.74) is 1.00. The molecule has 0 spiro atoms. The van der Waals surface area contributed by atoms with Gasteiger partial charge >= 0.3 is 12.2 Å². The normalized spacial score (nSPS) is 20.2.